The van der Waals surface area contributed by atoms with Gasteiger partial charge in [-0.05, 0) is 25.0 Å². The zero-order valence-corrected chi connectivity index (χ0v) is 29.4. The van der Waals surface area contributed by atoms with Crippen molar-refractivity contribution >= 4 is 52.5 Å². The molecule has 8 rings (SSSR count). The van der Waals surface area contributed by atoms with E-state index < -0.39 is 12.2 Å². The average Bonchev–Trinajstić information content (AvgIpc) is 3.80. The number of benzene rings is 1. The highest BCUT2D eigenvalue weighted by atomic mass is 32.2. The first kappa shape index (κ1) is 34.5. The van der Waals surface area contributed by atoms with Gasteiger partial charge in [-0.1, -0.05) is 24.6 Å². The van der Waals surface area contributed by atoms with Gasteiger partial charge in [0.2, 0.25) is 29.7 Å². The molecular formula is C34H41F2N11O4S. The molecule has 2 aromatic heterocycles. The minimum absolute atomic E-state index is 0.0488. The summed E-state index contributed by atoms with van der Waals surface area (Å²) in [6.07, 6.45) is 3.41. The van der Waals surface area contributed by atoms with Crippen molar-refractivity contribution in [1.82, 2.24) is 45.4 Å². The summed E-state index contributed by atoms with van der Waals surface area (Å²) in [7, 11) is 0. The van der Waals surface area contributed by atoms with E-state index in [9.17, 15) is 23.2 Å². The first-order valence-corrected chi connectivity index (χ1v) is 18.8. The number of morpholine rings is 1. The van der Waals surface area contributed by atoms with E-state index in [1.165, 1.54) is 10.6 Å². The van der Waals surface area contributed by atoms with Gasteiger partial charge in [0.25, 0.3) is 6.43 Å². The third kappa shape index (κ3) is 6.97. The quantitative estimate of drug-likeness (QED) is 0.142. The molecule has 3 aromatic rings. The second-order valence-corrected chi connectivity index (χ2v) is 15.3. The van der Waals surface area contributed by atoms with E-state index in [1.54, 1.807) is 35.2 Å². The predicted molar refractivity (Wildman–Crippen MR) is 190 cm³/mol. The highest BCUT2D eigenvalue weighted by Gasteiger charge is 2.53. The molecule has 52 heavy (non-hydrogen) atoms. The number of hydrogen-bond acceptors (Lipinski definition) is 11. The normalized spacial score (nSPS) is 23.6. The number of aromatic nitrogens is 5. The number of likely N-dealkylation sites (tertiary alicyclic amines) is 1. The molecular weight excluding hydrogens is 697 g/mol. The van der Waals surface area contributed by atoms with Crippen LogP contribution in [0.15, 0.2) is 36.4 Å². The molecule has 15 nitrogen and oxygen atoms in total. The SMILES string of the molecule is O=C(CCCC[C@@H]1SC[C@@H]2NC(=O)N[C@@H]21)NCC=CC(=O)N1CC2(C1)CN(c1nc(N3CCOCC3)nc(-n3c(C(F)F)nc4ccccc43)n1)C2. The first-order chi connectivity index (χ1) is 25.2. The van der Waals surface area contributed by atoms with Crippen LogP contribution in [0.4, 0.5) is 25.5 Å². The fourth-order valence-electron chi connectivity index (χ4n) is 7.72. The number of anilines is 2. The number of nitrogens with one attached hydrogen (secondary N) is 3. The Labute approximate surface area is 302 Å². The average molecular weight is 738 g/mol. The molecule has 5 fully saturated rings. The Kier molecular flexibility index (Phi) is 9.58. The number of thioether (sulfide) groups is 1. The van der Waals surface area contributed by atoms with Crippen molar-refractivity contribution in [2.75, 3.05) is 74.6 Å². The number of rotatable bonds is 12. The predicted octanol–water partition coefficient (Wildman–Crippen LogP) is 2.03. The third-order valence-corrected chi connectivity index (χ3v) is 11.8. The lowest BCUT2D eigenvalue weighted by atomic mass is 9.73. The number of para-hydroxylation sites is 2. The minimum atomic E-state index is -2.84. The Bertz CT molecular complexity index is 1860. The minimum Gasteiger partial charge on any atom is -0.378 e. The molecule has 5 aliphatic heterocycles. The molecule has 3 atom stereocenters. The number of nitrogens with zero attached hydrogens (tertiary/aromatic N) is 8. The van der Waals surface area contributed by atoms with E-state index >= 15 is 0 Å². The van der Waals surface area contributed by atoms with Crippen molar-refractivity contribution in [3.8, 4) is 5.95 Å². The molecule has 0 aliphatic carbocycles. The number of unbranched alkanes of at least 4 members (excludes halogenated alkanes) is 1. The lowest BCUT2D eigenvalue weighted by Gasteiger charge is -2.59. The van der Waals surface area contributed by atoms with Gasteiger partial charge in [-0.25, -0.2) is 18.6 Å². The van der Waals surface area contributed by atoms with E-state index in [4.69, 9.17) is 9.72 Å². The van der Waals surface area contributed by atoms with Gasteiger partial charge in [0.15, 0.2) is 5.82 Å². The summed E-state index contributed by atoms with van der Waals surface area (Å²) in [6.45, 7) is 4.81. The fraction of sp³-hybridized carbons (Fsp3) is 0.559. The van der Waals surface area contributed by atoms with Gasteiger partial charge in [0.1, 0.15) is 0 Å². The monoisotopic (exact) mass is 737 g/mol. The molecule has 0 bridgehead atoms. The number of carbonyl (C=O) groups is 3. The highest BCUT2D eigenvalue weighted by Crippen LogP contribution is 2.41. The number of carbonyl (C=O) groups excluding carboxylic acids is 3. The number of halogens is 2. The van der Waals surface area contributed by atoms with Crippen LogP contribution < -0.4 is 25.8 Å². The van der Waals surface area contributed by atoms with Crippen LogP contribution in [-0.2, 0) is 14.3 Å². The lowest BCUT2D eigenvalue weighted by molar-refractivity contribution is -0.139. The van der Waals surface area contributed by atoms with Crippen LogP contribution in [0.3, 0.4) is 0 Å². The van der Waals surface area contributed by atoms with Crippen LogP contribution in [-0.4, -0.2) is 129 Å². The molecule has 3 N–H and O–H groups in total. The summed E-state index contributed by atoms with van der Waals surface area (Å²) >= 11 is 1.87. The van der Waals surface area contributed by atoms with Crippen LogP contribution in [0.1, 0.15) is 37.9 Å². The summed E-state index contributed by atoms with van der Waals surface area (Å²) in [6, 6.07) is 7.21. The van der Waals surface area contributed by atoms with Crippen molar-refractivity contribution in [1.29, 1.82) is 0 Å². The zero-order chi connectivity index (χ0) is 35.8. The van der Waals surface area contributed by atoms with Crippen molar-refractivity contribution in [3.05, 3.63) is 42.2 Å². The maximum atomic E-state index is 14.2. The second kappa shape index (κ2) is 14.4. The number of urea groups is 1. The maximum absolute atomic E-state index is 14.2. The van der Waals surface area contributed by atoms with E-state index in [1.807, 2.05) is 21.6 Å². The lowest BCUT2D eigenvalue weighted by Crippen LogP contribution is -2.73. The van der Waals surface area contributed by atoms with Crippen molar-refractivity contribution in [3.63, 3.8) is 0 Å². The molecule has 1 aromatic carbocycles. The van der Waals surface area contributed by atoms with E-state index in [0.29, 0.717) is 87.1 Å². The van der Waals surface area contributed by atoms with Crippen LogP contribution in [0.5, 0.6) is 0 Å². The molecule has 7 heterocycles. The number of hydrogen-bond donors (Lipinski definition) is 3. The van der Waals surface area contributed by atoms with Gasteiger partial charge in [-0.15, -0.1) is 0 Å². The molecule has 1 spiro atoms. The van der Waals surface area contributed by atoms with Crippen LogP contribution in [0.2, 0.25) is 0 Å². The Balaban J connectivity index is 0.824. The number of imidazole rings is 1. The van der Waals surface area contributed by atoms with Crippen LogP contribution >= 0.6 is 11.8 Å². The largest absolute Gasteiger partial charge is 0.378 e. The maximum Gasteiger partial charge on any atom is 0.315 e. The van der Waals surface area contributed by atoms with Crippen molar-refractivity contribution in [2.45, 2.75) is 49.4 Å². The van der Waals surface area contributed by atoms with Crippen LogP contribution in [0, 0.1) is 5.41 Å². The first-order valence-electron chi connectivity index (χ1n) is 17.8. The Morgan fingerprint density at radius 3 is 2.54 bits per heavy atom. The summed E-state index contributed by atoms with van der Waals surface area (Å²) < 4.78 is 35.2. The smallest absolute Gasteiger partial charge is 0.315 e. The number of alkyl halides is 2. The molecule has 4 amide bonds. The van der Waals surface area contributed by atoms with Crippen molar-refractivity contribution in [2.24, 2.45) is 5.41 Å². The molecule has 5 saturated heterocycles. The van der Waals surface area contributed by atoms with Gasteiger partial charge in [0, 0.05) is 74.7 Å². The molecule has 0 radical (unpaired) electrons. The summed E-state index contributed by atoms with van der Waals surface area (Å²) in [5.41, 5.74) is 0.808. The zero-order valence-electron chi connectivity index (χ0n) is 28.5. The van der Waals surface area contributed by atoms with Gasteiger partial charge in [0.05, 0.1) is 36.3 Å². The van der Waals surface area contributed by atoms with E-state index in [2.05, 4.69) is 30.9 Å². The van der Waals surface area contributed by atoms with Gasteiger partial charge in [-0.2, -0.15) is 26.7 Å². The van der Waals surface area contributed by atoms with E-state index in [0.717, 1.165) is 25.0 Å². The second-order valence-electron chi connectivity index (χ2n) is 14.1. The highest BCUT2D eigenvalue weighted by molar-refractivity contribution is 8.00. The molecule has 0 saturated carbocycles. The molecule has 0 unspecified atom stereocenters. The third-order valence-electron chi connectivity index (χ3n) is 10.3. The standard InChI is InChI=1S/C34H41F2N11O4S/c35-28(36)29-38-21-6-1-2-7-23(21)47(29)32-42-30(44-12-14-51-15-13-44)41-31(43-32)46-19-34(20-46)17-45(18-34)26(49)10-5-11-37-25(48)9-4-3-8-24-27-22(16-52-24)39-33(50)40-27/h1-2,5-7,10,22,24,27-28H,3-4,8-9,11-20H2,(H,37,48)(H2,39,40,50)/t22-,24-,27-/m0/s1. The Morgan fingerprint density at radius 1 is 1.00 bits per heavy atom. The Morgan fingerprint density at radius 2 is 1.75 bits per heavy atom. The Hall–Kier alpha value is -4.58. The number of fused-ring (bicyclic) bond motifs is 2. The van der Waals surface area contributed by atoms with Crippen LogP contribution in [0.25, 0.3) is 17.0 Å². The summed E-state index contributed by atoms with van der Waals surface area (Å²) in [5, 5.41) is 9.18. The van der Waals surface area contributed by atoms with Crippen molar-refractivity contribution < 1.29 is 27.9 Å². The number of ether oxygens (including phenoxy) is 1. The summed E-state index contributed by atoms with van der Waals surface area (Å²) in [4.78, 5) is 60.7. The molecule has 276 valence electrons. The van der Waals surface area contributed by atoms with Gasteiger partial charge in [-0.3, -0.25) is 14.2 Å². The number of amides is 4. The fourth-order valence-corrected chi connectivity index (χ4v) is 9.26. The van der Waals surface area contributed by atoms with Gasteiger partial charge < -0.3 is 35.4 Å². The molecule has 18 heteroatoms. The summed E-state index contributed by atoms with van der Waals surface area (Å²) in [5.74, 6) is 1.20. The van der Waals surface area contributed by atoms with E-state index in [-0.39, 0.29) is 47.8 Å². The topological polar surface area (TPSA) is 163 Å². The molecule has 5 aliphatic rings. The van der Waals surface area contributed by atoms with Gasteiger partial charge >= 0.3 is 6.03 Å².